The first kappa shape index (κ1) is 22.3. The SMILES string of the molecule is CC(NC(=O)C1CCN(S(=O)(=O)Cc2ccc(Cl)cc2)CC1)c1ccc2c(c1)CCC2. The molecule has 1 unspecified atom stereocenters. The van der Waals surface area contributed by atoms with Crippen LogP contribution in [0, 0.1) is 5.92 Å². The molecule has 0 aromatic heterocycles. The molecule has 2 aliphatic rings. The van der Waals surface area contributed by atoms with Gasteiger partial charge in [0.1, 0.15) is 0 Å². The first-order valence-electron chi connectivity index (χ1n) is 11.0. The maximum absolute atomic E-state index is 12.8. The van der Waals surface area contributed by atoms with Gasteiger partial charge < -0.3 is 5.32 Å². The Balaban J connectivity index is 1.30. The Morgan fingerprint density at radius 1 is 1.10 bits per heavy atom. The molecule has 1 atom stereocenters. The van der Waals surface area contributed by atoms with Gasteiger partial charge in [-0.3, -0.25) is 4.79 Å². The zero-order valence-electron chi connectivity index (χ0n) is 17.8. The predicted octanol–water partition coefficient (Wildman–Crippen LogP) is 4.25. The zero-order chi connectivity index (χ0) is 22.0. The van der Waals surface area contributed by atoms with Gasteiger partial charge in [-0.05, 0) is 73.4 Å². The quantitative estimate of drug-likeness (QED) is 0.700. The number of rotatable bonds is 6. The third kappa shape index (κ3) is 5.30. The van der Waals surface area contributed by atoms with Gasteiger partial charge >= 0.3 is 0 Å². The van der Waals surface area contributed by atoms with Crippen LogP contribution in [-0.2, 0) is 33.4 Å². The van der Waals surface area contributed by atoms with E-state index in [1.165, 1.54) is 21.9 Å². The van der Waals surface area contributed by atoms with Crippen LogP contribution in [0.5, 0.6) is 0 Å². The lowest BCUT2D eigenvalue weighted by Crippen LogP contribution is -2.43. The Morgan fingerprint density at radius 3 is 2.48 bits per heavy atom. The van der Waals surface area contributed by atoms with E-state index in [1.54, 1.807) is 24.3 Å². The number of amides is 1. The fourth-order valence-corrected chi connectivity index (χ4v) is 6.24. The molecule has 1 amide bonds. The number of nitrogens with one attached hydrogen (secondary N) is 1. The molecule has 1 aliphatic carbocycles. The largest absolute Gasteiger partial charge is 0.349 e. The molecule has 31 heavy (non-hydrogen) atoms. The van der Waals surface area contributed by atoms with Gasteiger partial charge in [0.05, 0.1) is 11.8 Å². The van der Waals surface area contributed by atoms with Crippen molar-refractivity contribution >= 4 is 27.5 Å². The fraction of sp³-hybridized carbons (Fsp3) is 0.458. The topological polar surface area (TPSA) is 66.5 Å². The highest BCUT2D eigenvalue weighted by atomic mass is 35.5. The van der Waals surface area contributed by atoms with Crippen LogP contribution in [0.15, 0.2) is 42.5 Å². The first-order valence-corrected chi connectivity index (χ1v) is 12.9. The van der Waals surface area contributed by atoms with E-state index in [0.717, 1.165) is 18.4 Å². The average molecular weight is 461 g/mol. The van der Waals surface area contributed by atoms with Crippen LogP contribution in [0.4, 0.5) is 0 Å². The third-order valence-electron chi connectivity index (χ3n) is 6.46. The summed E-state index contributed by atoms with van der Waals surface area (Å²) in [6, 6.07) is 13.3. The Hall–Kier alpha value is -1.89. The number of hydrogen-bond acceptors (Lipinski definition) is 3. The molecule has 2 aromatic rings. The van der Waals surface area contributed by atoms with Crippen LogP contribution in [-0.4, -0.2) is 31.7 Å². The van der Waals surface area contributed by atoms with Crippen molar-refractivity contribution in [1.82, 2.24) is 9.62 Å². The van der Waals surface area contributed by atoms with Crippen LogP contribution in [0.3, 0.4) is 0 Å². The van der Waals surface area contributed by atoms with Crippen molar-refractivity contribution in [1.29, 1.82) is 0 Å². The van der Waals surface area contributed by atoms with Crippen LogP contribution >= 0.6 is 11.6 Å². The molecular weight excluding hydrogens is 432 g/mol. The average Bonchev–Trinajstić information content (AvgIpc) is 3.23. The summed E-state index contributed by atoms with van der Waals surface area (Å²) in [6.45, 7) is 2.77. The monoisotopic (exact) mass is 460 g/mol. The van der Waals surface area contributed by atoms with E-state index in [1.807, 2.05) is 6.92 Å². The number of halogens is 1. The normalized spacial score (nSPS) is 18.5. The van der Waals surface area contributed by atoms with Gasteiger partial charge in [-0.2, -0.15) is 0 Å². The number of aryl methyl sites for hydroxylation is 2. The van der Waals surface area contributed by atoms with Gasteiger partial charge in [-0.15, -0.1) is 0 Å². The second-order valence-corrected chi connectivity index (χ2v) is 11.1. The summed E-state index contributed by atoms with van der Waals surface area (Å²) in [6.07, 6.45) is 4.56. The molecule has 1 heterocycles. The molecule has 7 heteroatoms. The van der Waals surface area contributed by atoms with Crippen LogP contribution in [0.25, 0.3) is 0 Å². The molecule has 5 nitrogen and oxygen atoms in total. The van der Waals surface area contributed by atoms with Gasteiger partial charge in [0.2, 0.25) is 15.9 Å². The highest BCUT2D eigenvalue weighted by Gasteiger charge is 2.31. The van der Waals surface area contributed by atoms with E-state index in [0.29, 0.717) is 36.5 Å². The predicted molar refractivity (Wildman–Crippen MR) is 123 cm³/mol. The standard InChI is InChI=1S/C24H29ClN2O3S/c1-17(21-8-7-19-3-2-4-22(19)15-21)26-24(28)20-11-13-27(14-12-20)31(29,30)16-18-5-9-23(25)10-6-18/h5-10,15,17,20H,2-4,11-14,16H2,1H3,(H,26,28). The number of benzene rings is 2. The number of hydrogen-bond donors (Lipinski definition) is 1. The second kappa shape index (κ2) is 9.31. The van der Waals surface area contributed by atoms with Crippen molar-refractivity contribution in [3.05, 3.63) is 69.7 Å². The lowest BCUT2D eigenvalue weighted by atomic mass is 9.96. The van der Waals surface area contributed by atoms with E-state index in [9.17, 15) is 13.2 Å². The van der Waals surface area contributed by atoms with E-state index in [-0.39, 0.29) is 23.6 Å². The summed E-state index contributed by atoms with van der Waals surface area (Å²) in [7, 11) is -3.41. The number of carbonyl (C=O) groups excluding carboxylic acids is 1. The lowest BCUT2D eigenvalue weighted by Gasteiger charge is -2.31. The summed E-state index contributed by atoms with van der Waals surface area (Å²) in [5, 5.41) is 3.72. The number of nitrogens with zero attached hydrogens (tertiary/aromatic N) is 1. The van der Waals surface area contributed by atoms with E-state index in [2.05, 4.69) is 23.5 Å². The Bertz CT molecular complexity index is 1040. The van der Waals surface area contributed by atoms with E-state index >= 15 is 0 Å². The lowest BCUT2D eigenvalue weighted by molar-refractivity contribution is -0.126. The number of piperidine rings is 1. The molecule has 1 saturated heterocycles. The van der Waals surface area contributed by atoms with Crippen molar-refractivity contribution in [3.8, 4) is 0 Å². The maximum Gasteiger partial charge on any atom is 0.223 e. The van der Waals surface area contributed by atoms with E-state index < -0.39 is 10.0 Å². The minimum absolute atomic E-state index is 0.0164. The number of sulfonamides is 1. The molecular formula is C24H29ClN2O3S. The van der Waals surface area contributed by atoms with Crippen molar-refractivity contribution in [2.45, 2.75) is 50.8 Å². The molecule has 0 bridgehead atoms. The van der Waals surface area contributed by atoms with Gasteiger partial charge in [0.25, 0.3) is 0 Å². The first-order chi connectivity index (χ1) is 14.8. The van der Waals surface area contributed by atoms with Gasteiger partial charge in [0, 0.05) is 24.0 Å². The number of fused-ring (bicyclic) bond motifs is 1. The Morgan fingerprint density at radius 2 is 1.77 bits per heavy atom. The minimum atomic E-state index is -3.41. The van der Waals surface area contributed by atoms with Crippen LogP contribution in [0.1, 0.15) is 54.5 Å². The summed E-state index contributed by atoms with van der Waals surface area (Å²) >= 11 is 5.88. The minimum Gasteiger partial charge on any atom is -0.349 e. The van der Waals surface area contributed by atoms with Gasteiger partial charge in [-0.25, -0.2) is 12.7 Å². The summed E-state index contributed by atoms with van der Waals surface area (Å²) in [4.78, 5) is 12.8. The molecule has 1 fully saturated rings. The van der Waals surface area contributed by atoms with Crippen molar-refractivity contribution < 1.29 is 13.2 Å². The number of carbonyl (C=O) groups is 1. The molecule has 0 spiro atoms. The summed E-state index contributed by atoms with van der Waals surface area (Å²) < 4.78 is 27.0. The van der Waals surface area contributed by atoms with Gasteiger partial charge in [0.15, 0.2) is 0 Å². The molecule has 0 radical (unpaired) electrons. The Kier molecular flexibility index (Phi) is 6.70. The summed E-state index contributed by atoms with van der Waals surface area (Å²) in [5.41, 5.74) is 4.68. The maximum atomic E-state index is 12.8. The molecule has 2 aromatic carbocycles. The zero-order valence-corrected chi connectivity index (χ0v) is 19.4. The molecule has 0 saturated carbocycles. The molecule has 1 N–H and O–H groups in total. The summed E-state index contributed by atoms with van der Waals surface area (Å²) in [5.74, 6) is -0.183. The molecule has 166 valence electrons. The van der Waals surface area contributed by atoms with Crippen molar-refractivity contribution in [2.75, 3.05) is 13.1 Å². The molecule has 4 rings (SSSR count). The highest BCUT2D eigenvalue weighted by molar-refractivity contribution is 7.88. The third-order valence-corrected chi connectivity index (χ3v) is 8.56. The fourth-order valence-electron chi connectivity index (χ4n) is 4.55. The second-order valence-electron chi connectivity index (χ2n) is 8.67. The van der Waals surface area contributed by atoms with E-state index in [4.69, 9.17) is 11.6 Å². The van der Waals surface area contributed by atoms with Gasteiger partial charge in [-0.1, -0.05) is 41.9 Å². The molecule has 1 aliphatic heterocycles. The van der Waals surface area contributed by atoms with Crippen LogP contribution < -0.4 is 5.32 Å². The smallest absolute Gasteiger partial charge is 0.223 e. The van der Waals surface area contributed by atoms with Crippen molar-refractivity contribution in [3.63, 3.8) is 0 Å². The van der Waals surface area contributed by atoms with Crippen LogP contribution in [0.2, 0.25) is 5.02 Å². The van der Waals surface area contributed by atoms with Crippen molar-refractivity contribution in [2.24, 2.45) is 5.92 Å². The Labute approximate surface area is 189 Å². The highest BCUT2D eigenvalue weighted by Crippen LogP contribution is 2.27.